The number of halogens is 2. The van der Waals surface area contributed by atoms with Crippen molar-refractivity contribution in [3.63, 3.8) is 0 Å². The average Bonchev–Trinajstić information content (AvgIpc) is 3.03. The molecule has 1 fully saturated rings. The summed E-state index contributed by atoms with van der Waals surface area (Å²) in [5, 5.41) is 15.8. The van der Waals surface area contributed by atoms with Gasteiger partial charge in [0.25, 0.3) is 0 Å². The SMILES string of the molecule is O=[N+]([O-])c1cccnc1N1CC[C@H](NCc2ccc(Cl)cc2Cl)C1. The van der Waals surface area contributed by atoms with Gasteiger partial charge < -0.3 is 10.2 Å². The molecular formula is C16H16Cl2N4O2. The van der Waals surface area contributed by atoms with Crippen molar-refractivity contribution in [3.8, 4) is 0 Å². The zero-order chi connectivity index (χ0) is 17.1. The maximum absolute atomic E-state index is 11.1. The molecule has 3 rings (SSSR count). The molecule has 24 heavy (non-hydrogen) atoms. The van der Waals surface area contributed by atoms with Gasteiger partial charge >= 0.3 is 5.69 Å². The molecule has 1 N–H and O–H groups in total. The fraction of sp³-hybridized carbons (Fsp3) is 0.312. The summed E-state index contributed by atoms with van der Waals surface area (Å²) in [6.45, 7) is 2.02. The summed E-state index contributed by atoms with van der Waals surface area (Å²) in [6, 6.07) is 8.71. The molecule has 8 heteroatoms. The number of aromatic nitrogens is 1. The fourth-order valence-corrected chi connectivity index (χ4v) is 3.29. The van der Waals surface area contributed by atoms with Crippen molar-refractivity contribution in [2.75, 3.05) is 18.0 Å². The molecule has 0 spiro atoms. The Morgan fingerprint density at radius 2 is 2.21 bits per heavy atom. The summed E-state index contributed by atoms with van der Waals surface area (Å²) in [7, 11) is 0. The van der Waals surface area contributed by atoms with Gasteiger partial charge in [-0.05, 0) is 30.2 Å². The second kappa shape index (κ2) is 7.34. The highest BCUT2D eigenvalue weighted by Gasteiger charge is 2.28. The van der Waals surface area contributed by atoms with Gasteiger partial charge in [0.1, 0.15) is 0 Å². The topological polar surface area (TPSA) is 71.3 Å². The second-order valence-corrected chi connectivity index (χ2v) is 6.50. The van der Waals surface area contributed by atoms with Crippen LogP contribution in [0.1, 0.15) is 12.0 Å². The number of rotatable bonds is 5. The normalized spacial score (nSPS) is 17.2. The van der Waals surface area contributed by atoms with Crippen LogP contribution in [0.5, 0.6) is 0 Å². The Morgan fingerprint density at radius 3 is 2.96 bits per heavy atom. The van der Waals surface area contributed by atoms with E-state index in [9.17, 15) is 10.1 Å². The van der Waals surface area contributed by atoms with Crippen molar-refractivity contribution in [1.29, 1.82) is 0 Å². The van der Waals surface area contributed by atoms with E-state index in [2.05, 4.69) is 10.3 Å². The maximum Gasteiger partial charge on any atom is 0.311 e. The van der Waals surface area contributed by atoms with Crippen LogP contribution in [0.25, 0.3) is 0 Å². The van der Waals surface area contributed by atoms with Crippen LogP contribution in [0.4, 0.5) is 11.5 Å². The van der Waals surface area contributed by atoms with E-state index in [0.29, 0.717) is 29.0 Å². The minimum absolute atomic E-state index is 0.0406. The highest BCUT2D eigenvalue weighted by molar-refractivity contribution is 6.35. The van der Waals surface area contributed by atoms with E-state index in [-0.39, 0.29) is 11.7 Å². The largest absolute Gasteiger partial charge is 0.349 e. The number of hydrogen-bond donors (Lipinski definition) is 1. The van der Waals surface area contributed by atoms with E-state index in [1.807, 2.05) is 17.0 Å². The summed E-state index contributed by atoms with van der Waals surface area (Å²) in [6.07, 6.45) is 2.47. The molecule has 126 valence electrons. The lowest BCUT2D eigenvalue weighted by Crippen LogP contribution is -2.32. The highest BCUT2D eigenvalue weighted by Crippen LogP contribution is 2.28. The van der Waals surface area contributed by atoms with Gasteiger partial charge in [0.05, 0.1) is 4.92 Å². The Bertz CT molecular complexity index is 757. The lowest BCUT2D eigenvalue weighted by atomic mass is 10.2. The van der Waals surface area contributed by atoms with Crippen LogP contribution < -0.4 is 10.2 Å². The molecule has 0 bridgehead atoms. The third-order valence-corrected chi connectivity index (χ3v) is 4.63. The van der Waals surface area contributed by atoms with Gasteiger partial charge in [-0.2, -0.15) is 0 Å². The molecule has 2 aromatic rings. The van der Waals surface area contributed by atoms with Crippen molar-refractivity contribution < 1.29 is 4.92 Å². The van der Waals surface area contributed by atoms with Gasteiger partial charge in [-0.1, -0.05) is 29.3 Å². The Kier molecular flexibility index (Phi) is 5.18. The molecular weight excluding hydrogens is 351 g/mol. The monoisotopic (exact) mass is 366 g/mol. The zero-order valence-electron chi connectivity index (χ0n) is 12.8. The quantitative estimate of drug-likeness (QED) is 0.645. The van der Waals surface area contributed by atoms with Crippen molar-refractivity contribution in [2.45, 2.75) is 19.0 Å². The first kappa shape index (κ1) is 17.0. The molecule has 1 atom stereocenters. The van der Waals surface area contributed by atoms with Crippen LogP contribution in [0.2, 0.25) is 10.0 Å². The van der Waals surface area contributed by atoms with Gasteiger partial charge in [0, 0.05) is 48.0 Å². The molecule has 1 aromatic carbocycles. The number of nitro groups is 1. The van der Waals surface area contributed by atoms with Crippen LogP contribution in [-0.4, -0.2) is 29.0 Å². The van der Waals surface area contributed by atoms with Crippen LogP contribution in [-0.2, 0) is 6.54 Å². The lowest BCUT2D eigenvalue weighted by molar-refractivity contribution is -0.384. The number of hydrogen-bond acceptors (Lipinski definition) is 5. The summed E-state index contributed by atoms with van der Waals surface area (Å²) in [5.74, 6) is 0.427. The first-order valence-electron chi connectivity index (χ1n) is 7.56. The van der Waals surface area contributed by atoms with E-state index in [4.69, 9.17) is 23.2 Å². The minimum Gasteiger partial charge on any atom is -0.349 e. The third kappa shape index (κ3) is 3.77. The van der Waals surface area contributed by atoms with E-state index in [1.165, 1.54) is 6.07 Å². The van der Waals surface area contributed by atoms with E-state index in [1.54, 1.807) is 18.3 Å². The van der Waals surface area contributed by atoms with Gasteiger partial charge in [0.15, 0.2) is 0 Å². The molecule has 2 heterocycles. The van der Waals surface area contributed by atoms with Crippen LogP contribution >= 0.6 is 23.2 Å². The molecule has 0 radical (unpaired) electrons. The van der Waals surface area contributed by atoms with Gasteiger partial charge in [-0.25, -0.2) is 4.98 Å². The molecule has 0 amide bonds. The Balaban J connectivity index is 1.63. The standard InChI is InChI=1S/C16H16Cl2N4O2/c17-12-4-3-11(14(18)8-12)9-20-13-5-7-21(10-13)16-15(22(23)24)2-1-6-19-16/h1-4,6,8,13,20H,5,7,9-10H2/t13-/m0/s1. The Hall–Kier alpha value is -1.89. The number of nitrogens with zero attached hydrogens (tertiary/aromatic N) is 3. The molecule has 1 aliphatic rings. The number of benzene rings is 1. The minimum atomic E-state index is -0.392. The van der Waals surface area contributed by atoms with Crippen LogP contribution in [0.15, 0.2) is 36.5 Å². The smallest absolute Gasteiger partial charge is 0.311 e. The lowest BCUT2D eigenvalue weighted by Gasteiger charge is -2.18. The van der Waals surface area contributed by atoms with Crippen LogP contribution in [0, 0.1) is 10.1 Å². The molecule has 1 aromatic heterocycles. The predicted octanol–water partition coefficient (Wildman–Crippen LogP) is 3.67. The molecule has 0 unspecified atom stereocenters. The highest BCUT2D eigenvalue weighted by atomic mass is 35.5. The summed E-state index contributed by atoms with van der Waals surface area (Å²) < 4.78 is 0. The number of anilines is 1. The van der Waals surface area contributed by atoms with Gasteiger partial charge in [-0.3, -0.25) is 10.1 Å². The van der Waals surface area contributed by atoms with Crippen molar-refractivity contribution in [1.82, 2.24) is 10.3 Å². The molecule has 0 saturated carbocycles. The number of pyridine rings is 1. The Labute approximate surface area is 149 Å². The Morgan fingerprint density at radius 1 is 1.38 bits per heavy atom. The van der Waals surface area contributed by atoms with E-state index < -0.39 is 4.92 Å². The summed E-state index contributed by atoms with van der Waals surface area (Å²) in [5.41, 5.74) is 1.02. The van der Waals surface area contributed by atoms with Gasteiger partial charge in [0.2, 0.25) is 5.82 Å². The summed E-state index contributed by atoms with van der Waals surface area (Å²) >= 11 is 12.1. The molecule has 1 aliphatic heterocycles. The van der Waals surface area contributed by atoms with Crippen LogP contribution in [0.3, 0.4) is 0 Å². The first-order chi connectivity index (χ1) is 11.5. The zero-order valence-corrected chi connectivity index (χ0v) is 14.3. The average molecular weight is 367 g/mol. The third-order valence-electron chi connectivity index (χ3n) is 4.05. The second-order valence-electron chi connectivity index (χ2n) is 5.65. The molecule has 6 nitrogen and oxygen atoms in total. The maximum atomic E-state index is 11.1. The van der Waals surface area contributed by atoms with Crippen molar-refractivity contribution in [3.05, 3.63) is 62.3 Å². The van der Waals surface area contributed by atoms with E-state index >= 15 is 0 Å². The summed E-state index contributed by atoms with van der Waals surface area (Å²) in [4.78, 5) is 16.9. The molecule has 1 saturated heterocycles. The van der Waals surface area contributed by atoms with Gasteiger partial charge in [-0.15, -0.1) is 0 Å². The predicted molar refractivity (Wildman–Crippen MR) is 94.8 cm³/mol. The van der Waals surface area contributed by atoms with Crippen molar-refractivity contribution >= 4 is 34.7 Å². The number of nitrogens with one attached hydrogen (secondary N) is 1. The molecule has 0 aliphatic carbocycles. The van der Waals surface area contributed by atoms with Crippen molar-refractivity contribution in [2.24, 2.45) is 0 Å². The fourth-order valence-electron chi connectivity index (χ4n) is 2.81. The van der Waals surface area contributed by atoms with E-state index in [0.717, 1.165) is 18.5 Å². The first-order valence-corrected chi connectivity index (χ1v) is 8.32.